The van der Waals surface area contributed by atoms with Crippen LogP contribution >= 0.6 is 0 Å². The van der Waals surface area contributed by atoms with Crippen LogP contribution < -0.4 is 11.5 Å². The maximum absolute atomic E-state index is 12.1. The molecule has 0 bridgehead atoms. The normalized spacial score (nSPS) is 20.3. The van der Waals surface area contributed by atoms with Gasteiger partial charge in [-0.05, 0) is 40.2 Å². The van der Waals surface area contributed by atoms with Crippen LogP contribution in [0.3, 0.4) is 0 Å². The van der Waals surface area contributed by atoms with Crippen molar-refractivity contribution in [2.75, 3.05) is 6.54 Å². The Morgan fingerprint density at radius 1 is 1.42 bits per heavy atom. The minimum Gasteiger partial charge on any atom is -0.444 e. The molecular weight excluding hydrogens is 244 g/mol. The number of hydrogen-bond donors (Lipinski definition) is 2. The monoisotopic (exact) mass is 268 g/mol. The molecule has 0 aliphatic carbocycles. The van der Waals surface area contributed by atoms with Gasteiger partial charge in [-0.25, -0.2) is 9.79 Å². The van der Waals surface area contributed by atoms with Gasteiger partial charge >= 0.3 is 6.09 Å². The first-order chi connectivity index (χ1) is 8.61. The zero-order valence-corrected chi connectivity index (χ0v) is 12.4. The fourth-order valence-electron chi connectivity index (χ4n) is 1.96. The van der Waals surface area contributed by atoms with E-state index in [-0.39, 0.29) is 18.1 Å². The Balaban J connectivity index is 2.86. The first kappa shape index (κ1) is 15.3. The van der Waals surface area contributed by atoms with Crippen molar-refractivity contribution in [2.45, 2.75) is 52.7 Å². The van der Waals surface area contributed by atoms with Crippen LogP contribution in [0.25, 0.3) is 0 Å². The van der Waals surface area contributed by atoms with Crippen LogP contribution in [0.15, 0.2) is 16.3 Å². The predicted octanol–water partition coefficient (Wildman–Crippen LogP) is 1.56. The molecule has 0 spiro atoms. The molecule has 1 amide bonds. The van der Waals surface area contributed by atoms with E-state index in [1.165, 1.54) is 0 Å². The summed E-state index contributed by atoms with van der Waals surface area (Å²) in [6, 6.07) is -0.0679. The maximum Gasteiger partial charge on any atom is 0.410 e. The Bertz CT molecular complexity index is 417. The van der Waals surface area contributed by atoms with Crippen molar-refractivity contribution in [1.82, 2.24) is 4.90 Å². The van der Waals surface area contributed by atoms with Gasteiger partial charge in [0, 0.05) is 18.7 Å². The largest absolute Gasteiger partial charge is 0.444 e. The first-order valence-corrected chi connectivity index (χ1v) is 6.40. The van der Waals surface area contributed by atoms with Gasteiger partial charge in [0.25, 0.3) is 0 Å². The molecule has 1 unspecified atom stereocenters. The van der Waals surface area contributed by atoms with Crippen LogP contribution in [0.4, 0.5) is 4.79 Å². The van der Waals surface area contributed by atoms with E-state index in [2.05, 4.69) is 4.99 Å². The molecule has 0 aromatic rings. The third-order valence-electron chi connectivity index (χ3n) is 3.03. The zero-order chi connectivity index (χ0) is 14.8. The lowest BCUT2D eigenvalue weighted by Gasteiger charge is -2.35. The van der Waals surface area contributed by atoms with E-state index < -0.39 is 5.60 Å². The van der Waals surface area contributed by atoms with Gasteiger partial charge in [-0.3, -0.25) is 0 Å². The van der Waals surface area contributed by atoms with E-state index in [0.29, 0.717) is 13.0 Å². The SMILES string of the molecule is CC1=C(N=C(N)N)CCN(C(=O)OC(C)(C)C)C1C. The molecule has 4 N–H and O–H groups in total. The Morgan fingerprint density at radius 2 is 2.00 bits per heavy atom. The van der Waals surface area contributed by atoms with Gasteiger partial charge in [-0.2, -0.15) is 0 Å². The van der Waals surface area contributed by atoms with Crippen molar-refractivity contribution in [1.29, 1.82) is 0 Å². The van der Waals surface area contributed by atoms with Gasteiger partial charge in [0.15, 0.2) is 5.96 Å². The minimum absolute atomic E-state index is 0.0484. The van der Waals surface area contributed by atoms with Crippen molar-refractivity contribution in [3.63, 3.8) is 0 Å². The highest BCUT2D eigenvalue weighted by Crippen LogP contribution is 2.26. The molecule has 6 nitrogen and oxygen atoms in total. The maximum atomic E-state index is 12.1. The molecule has 0 radical (unpaired) electrons. The fraction of sp³-hybridized carbons (Fsp3) is 0.692. The van der Waals surface area contributed by atoms with Gasteiger partial charge in [0.2, 0.25) is 0 Å². The molecule has 0 aromatic carbocycles. The van der Waals surface area contributed by atoms with Crippen molar-refractivity contribution >= 4 is 12.1 Å². The van der Waals surface area contributed by atoms with E-state index >= 15 is 0 Å². The number of hydrogen-bond acceptors (Lipinski definition) is 3. The average Bonchev–Trinajstić information content (AvgIpc) is 2.21. The van der Waals surface area contributed by atoms with Gasteiger partial charge in [0.1, 0.15) is 5.60 Å². The molecule has 19 heavy (non-hydrogen) atoms. The minimum atomic E-state index is -0.492. The van der Waals surface area contributed by atoms with Crippen molar-refractivity contribution in [3.05, 3.63) is 11.3 Å². The Kier molecular flexibility index (Phi) is 4.44. The topological polar surface area (TPSA) is 93.9 Å². The third-order valence-corrected chi connectivity index (χ3v) is 3.03. The molecule has 0 saturated heterocycles. The lowest BCUT2D eigenvalue weighted by Crippen LogP contribution is -2.45. The molecule has 108 valence electrons. The van der Waals surface area contributed by atoms with Gasteiger partial charge in [-0.15, -0.1) is 0 Å². The average molecular weight is 268 g/mol. The van der Waals surface area contributed by atoms with Crippen LogP contribution in [0.5, 0.6) is 0 Å². The summed E-state index contributed by atoms with van der Waals surface area (Å²) in [5, 5.41) is 0. The second kappa shape index (κ2) is 5.50. The van der Waals surface area contributed by atoms with Gasteiger partial charge in [0.05, 0.1) is 6.04 Å². The summed E-state index contributed by atoms with van der Waals surface area (Å²) in [4.78, 5) is 17.9. The quantitative estimate of drug-likeness (QED) is 0.557. The number of amides is 1. The zero-order valence-electron chi connectivity index (χ0n) is 12.4. The smallest absolute Gasteiger partial charge is 0.410 e. The molecule has 1 heterocycles. The first-order valence-electron chi connectivity index (χ1n) is 6.40. The predicted molar refractivity (Wildman–Crippen MR) is 75.5 cm³/mol. The third kappa shape index (κ3) is 4.15. The molecule has 0 saturated carbocycles. The number of aliphatic imine (C=N–C) groups is 1. The van der Waals surface area contributed by atoms with Crippen LogP contribution in [-0.2, 0) is 4.74 Å². The standard InChI is InChI=1S/C13H24N4O2/c1-8-9(2)17(12(18)19-13(3,4)5)7-6-10(8)16-11(14)15/h9H,6-7H2,1-5H3,(H4,14,15,16). The van der Waals surface area contributed by atoms with Crippen LogP contribution in [0.1, 0.15) is 41.0 Å². The van der Waals surface area contributed by atoms with E-state index in [1.807, 2.05) is 34.6 Å². The van der Waals surface area contributed by atoms with Crippen LogP contribution in [-0.4, -0.2) is 35.1 Å². The summed E-state index contributed by atoms with van der Waals surface area (Å²) in [7, 11) is 0. The summed E-state index contributed by atoms with van der Waals surface area (Å²) in [6.07, 6.45) is 0.330. The van der Waals surface area contributed by atoms with Crippen LogP contribution in [0.2, 0.25) is 0 Å². The highest BCUT2D eigenvalue weighted by molar-refractivity contribution is 5.77. The highest BCUT2D eigenvalue weighted by Gasteiger charge is 2.30. The second-order valence-corrected chi connectivity index (χ2v) is 5.77. The number of carbonyl (C=O) groups excluding carboxylic acids is 1. The van der Waals surface area contributed by atoms with Crippen molar-refractivity contribution in [2.24, 2.45) is 16.5 Å². The van der Waals surface area contributed by atoms with Gasteiger partial charge < -0.3 is 21.1 Å². The summed E-state index contributed by atoms with van der Waals surface area (Å²) < 4.78 is 5.39. The molecule has 1 aliphatic rings. The van der Waals surface area contributed by atoms with E-state index in [1.54, 1.807) is 4.90 Å². The highest BCUT2D eigenvalue weighted by atomic mass is 16.6. The lowest BCUT2D eigenvalue weighted by atomic mass is 10.0. The number of ether oxygens (including phenoxy) is 1. The number of carbonyl (C=O) groups is 1. The lowest BCUT2D eigenvalue weighted by molar-refractivity contribution is 0.0192. The number of guanidine groups is 1. The number of rotatable bonds is 1. The van der Waals surface area contributed by atoms with E-state index in [0.717, 1.165) is 11.3 Å². The Hall–Kier alpha value is -1.72. The van der Waals surface area contributed by atoms with Crippen molar-refractivity contribution < 1.29 is 9.53 Å². The van der Waals surface area contributed by atoms with Crippen LogP contribution in [0, 0.1) is 0 Å². The Morgan fingerprint density at radius 3 is 2.47 bits per heavy atom. The van der Waals surface area contributed by atoms with E-state index in [4.69, 9.17) is 16.2 Å². The van der Waals surface area contributed by atoms with Gasteiger partial charge in [-0.1, -0.05) is 0 Å². The molecule has 1 rings (SSSR count). The van der Waals surface area contributed by atoms with E-state index in [9.17, 15) is 4.79 Å². The number of nitrogens with two attached hydrogens (primary N) is 2. The summed E-state index contributed by atoms with van der Waals surface area (Å²) >= 11 is 0. The molecule has 1 atom stereocenters. The Labute approximate surface area is 114 Å². The molecule has 6 heteroatoms. The summed E-state index contributed by atoms with van der Waals surface area (Å²) in [5.41, 5.74) is 12.1. The van der Waals surface area contributed by atoms with Crippen molar-refractivity contribution in [3.8, 4) is 0 Å². The molecule has 1 aliphatic heterocycles. The summed E-state index contributed by atoms with van der Waals surface area (Å²) in [5.74, 6) is 0.0484. The summed E-state index contributed by atoms with van der Waals surface area (Å²) in [6.45, 7) is 10.00. The second-order valence-electron chi connectivity index (χ2n) is 5.77. The molecule has 0 fully saturated rings. The molecular formula is C13H24N4O2. The number of nitrogens with zero attached hydrogens (tertiary/aromatic N) is 2. The molecule has 0 aromatic heterocycles. The fourth-order valence-corrected chi connectivity index (χ4v) is 1.96.